The Balaban J connectivity index is 0.796. The van der Waals surface area contributed by atoms with E-state index in [1.54, 1.807) is 91.0 Å². The van der Waals surface area contributed by atoms with Crippen LogP contribution in [0.15, 0.2) is 165 Å². The van der Waals surface area contributed by atoms with Crippen LogP contribution in [0.4, 0.5) is 0 Å². The van der Waals surface area contributed by atoms with Gasteiger partial charge < -0.3 is 52.1 Å². The number of ether oxygens (including phenoxy) is 11. The summed E-state index contributed by atoms with van der Waals surface area (Å²) in [5.41, 5.74) is 3.70. The van der Waals surface area contributed by atoms with Crippen LogP contribution in [0.25, 0.3) is 43.6 Å². The van der Waals surface area contributed by atoms with Crippen LogP contribution in [0.3, 0.4) is 0 Å². The summed E-state index contributed by atoms with van der Waals surface area (Å²) in [6.45, 7) is 13.2. The van der Waals surface area contributed by atoms with E-state index in [0.717, 1.165) is 105 Å². The summed E-state index contributed by atoms with van der Waals surface area (Å²) in [6.07, 6.45) is 16.5. The normalized spacial score (nSPS) is 13.6. The van der Waals surface area contributed by atoms with Gasteiger partial charge in [0.25, 0.3) is 0 Å². The van der Waals surface area contributed by atoms with E-state index in [9.17, 15) is 28.8 Å². The fourth-order valence-electron chi connectivity index (χ4n) is 10.8. The van der Waals surface area contributed by atoms with Crippen LogP contribution in [-0.2, 0) is 49.5 Å². The zero-order valence-corrected chi connectivity index (χ0v) is 53.4. The predicted octanol–water partition coefficient (Wildman–Crippen LogP) is 14.8. The van der Waals surface area contributed by atoms with Gasteiger partial charge in [0.15, 0.2) is 0 Å². The van der Waals surface area contributed by atoms with Crippen LogP contribution in [0.1, 0.15) is 123 Å². The lowest BCUT2D eigenvalue weighted by atomic mass is 9.87. The fourth-order valence-corrected chi connectivity index (χ4v) is 10.8. The largest absolute Gasteiger partial charge is 0.494 e. The molecule has 19 nitrogen and oxygen atoms in total. The van der Waals surface area contributed by atoms with Gasteiger partial charge in [-0.05, 0) is 190 Å². The molecule has 0 atom stereocenters. The van der Waals surface area contributed by atoms with Crippen molar-refractivity contribution >= 4 is 79.4 Å². The summed E-state index contributed by atoms with van der Waals surface area (Å²) < 4.78 is 62.3. The number of hydrogen-bond acceptors (Lipinski definition) is 19. The van der Waals surface area contributed by atoms with Gasteiger partial charge in [0.1, 0.15) is 47.7 Å². The molecule has 95 heavy (non-hydrogen) atoms. The molecule has 0 saturated heterocycles. The van der Waals surface area contributed by atoms with E-state index < -0.39 is 29.8 Å². The molecule has 0 bridgehead atoms. The third-order valence-corrected chi connectivity index (χ3v) is 16.0. The molecule has 9 rings (SSSR count). The minimum absolute atomic E-state index is 0.0268. The van der Waals surface area contributed by atoms with Crippen molar-refractivity contribution in [3.05, 3.63) is 182 Å². The maximum atomic E-state index is 13.8. The molecular weight excluding hydrogens is 1210 g/mol. The van der Waals surface area contributed by atoms with Crippen LogP contribution in [0.5, 0.6) is 34.5 Å². The van der Waals surface area contributed by atoms with Crippen LogP contribution in [0.2, 0.25) is 0 Å². The second-order valence-corrected chi connectivity index (χ2v) is 22.8. The van der Waals surface area contributed by atoms with E-state index in [1.165, 1.54) is 6.08 Å². The van der Waals surface area contributed by atoms with Gasteiger partial charge in [-0.2, -0.15) is 0 Å². The second kappa shape index (κ2) is 36.5. The Hall–Kier alpha value is -9.98. The van der Waals surface area contributed by atoms with Gasteiger partial charge in [0, 0.05) is 35.1 Å². The van der Waals surface area contributed by atoms with Crippen LogP contribution >= 0.6 is 0 Å². The minimum atomic E-state index is -0.584. The number of carbonyl (C=O) groups excluding carboxylic acids is 6. The van der Waals surface area contributed by atoms with E-state index in [0.29, 0.717) is 126 Å². The smallest absolute Gasteiger partial charge is 0.343 e. The number of carbonyl (C=O) groups is 6. The number of fused-ring (bicyclic) bond motifs is 7. The average Bonchev–Trinajstić information content (AvgIpc) is 0.806. The van der Waals surface area contributed by atoms with Gasteiger partial charge >= 0.3 is 35.8 Å². The van der Waals surface area contributed by atoms with Crippen molar-refractivity contribution in [2.45, 2.75) is 109 Å². The summed E-state index contributed by atoms with van der Waals surface area (Å²) >= 11 is 0. The summed E-state index contributed by atoms with van der Waals surface area (Å²) in [7, 11) is 0. The Morgan fingerprint density at radius 2 is 0.821 bits per heavy atom. The Bertz CT molecular complexity index is 3930. The topological polar surface area (TPSA) is 230 Å². The number of rotatable bonds is 38. The molecule has 0 amide bonds. The molecule has 0 spiro atoms. The Morgan fingerprint density at radius 1 is 0.389 bits per heavy atom. The molecule has 496 valence electrons. The van der Waals surface area contributed by atoms with E-state index in [4.69, 9.17) is 62.1 Å². The Kier molecular flexibility index (Phi) is 26.6. The number of nitrogens with zero attached hydrogens (tertiary/aromatic N) is 2. The monoisotopic (exact) mass is 1290 g/mol. The lowest BCUT2D eigenvalue weighted by Gasteiger charge is -2.27. The van der Waals surface area contributed by atoms with Crippen molar-refractivity contribution in [2.75, 3.05) is 52.9 Å². The molecule has 0 aliphatic heterocycles. The first kappa shape index (κ1) is 69.4. The standard InChI is InChI=1S/C76H80N2O17/c1-4-69(79)89-42-16-11-9-7-8-10-14-41-87-60-34-37-63-64-38-35-61(49-66(64)72-73(65(63)48-60)78-68-50-62(36-39-67(68)77-72)95-76(84)55-22-26-56(27-23-55)88-46-44-85-45-47-91-71(81)6-3)94-75(83)53-20-18-52(19-21-53)51-92-58-28-24-54(25-29-58)74(82)93-59-32-30-57(31-33-59)86-40-15-12-13-17-43-90-70(80)5-2/h4-6,18-23,26-27,30-39,48-50,54,58H,1-3,7-17,24-25,28-29,40-47,51H2. The number of hydrogen-bond donors (Lipinski definition) is 0. The van der Waals surface area contributed by atoms with Crippen LogP contribution < -0.4 is 28.4 Å². The van der Waals surface area contributed by atoms with E-state index in [1.807, 2.05) is 36.4 Å². The fraction of sp³-hybridized carbons (Fsp3) is 0.342. The first-order valence-corrected chi connectivity index (χ1v) is 32.4. The molecular formula is C76H80N2O17. The molecule has 1 aliphatic carbocycles. The molecule has 1 fully saturated rings. The first-order chi connectivity index (χ1) is 46.4. The van der Waals surface area contributed by atoms with E-state index >= 15 is 0 Å². The average molecular weight is 1290 g/mol. The second-order valence-electron chi connectivity index (χ2n) is 22.8. The molecule has 0 N–H and O–H groups in total. The van der Waals surface area contributed by atoms with Crippen LogP contribution in [-0.4, -0.2) is 105 Å². The maximum Gasteiger partial charge on any atom is 0.343 e. The van der Waals surface area contributed by atoms with Crippen molar-refractivity contribution < 1.29 is 80.9 Å². The molecule has 1 aromatic heterocycles. The Morgan fingerprint density at radius 3 is 1.40 bits per heavy atom. The number of aromatic nitrogens is 2. The quantitative estimate of drug-likeness (QED) is 0.00666. The molecule has 19 heteroatoms. The zero-order valence-electron chi connectivity index (χ0n) is 53.4. The summed E-state index contributed by atoms with van der Waals surface area (Å²) in [5, 5.41) is 3.23. The SMILES string of the molecule is C=CC(=O)OCCCCCCCCCOc1ccc2c3ccc(OC(=O)c4ccc(COC5CCC(C(=O)Oc6ccc(OCCCCCCOC(=O)C=C)cc6)CC5)cc4)cc3c3nc4ccc(OC(=O)c5ccc(OCCOCCOC(=O)C=C)cc5)cc4nc3c2c1. The summed E-state index contributed by atoms with van der Waals surface area (Å²) in [5.74, 6) is 0.00692. The highest BCUT2D eigenvalue weighted by atomic mass is 16.6. The zero-order chi connectivity index (χ0) is 66.6. The first-order valence-electron chi connectivity index (χ1n) is 32.4. The minimum Gasteiger partial charge on any atom is -0.494 e. The predicted molar refractivity (Wildman–Crippen MR) is 359 cm³/mol. The van der Waals surface area contributed by atoms with Crippen molar-refractivity contribution in [1.82, 2.24) is 9.97 Å². The highest BCUT2D eigenvalue weighted by Crippen LogP contribution is 2.39. The third-order valence-electron chi connectivity index (χ3n) is 16.0. The lowest BCUT2D eigenvalue weighted by Crippen LogP contribution is -2.28. The summed E-state index contributed by atoms with van der Waals surface area (Å²) in [6, 6.07) is 37.2. The Labute approximate surface area is 552 Å². The molecule has 7 aromatic carbocycles. The van der Waals surface area contributed by atoms with E-state index in [-0.39, 0.29) is 50.2 Å². The van der Waals surface area contributed by atoms with Gasteiger partial charge in [-0.25, -0.2) is 33.9 Å². The van der Waals surface area contributed by atoms with Gasteiger partial charge in [-0.3, -0.25) is 4.79 Å². The molecule has 0 radical (unpaired) electrons. The molecule has 1 aliphatic rings. The number of benzene rings is 7. The maximum absolute atomic E-state index is 13.8. The highest BCUT2D eigenvalue weighted by Gasteiger charge is 2.29. The molecule has 8 aromatic rings. The van der Waals surface area contributed by atoms with Crippen molar-refractivity contribution in [3.63, 3.8) is 0 Å². The lowest BCUT2D eigenvalue weighted by molar-refractivity contribution is -0.141. The third kappa shape index (κ3) is 21.3. The van der Waals surface area contributed by atoms with Crippen molar-refractivity contribution in [2.24, 2.45) is 5.92 Å². The van der Waals surface area contributed by atoms with Crippen molar-refractivity contribution in [3.8, 4) is 34.5 Å². The van der Waals surface area contributed by atoms with Gasteiger partial charge in [0.2, 0.25) is 0 Å². The molecule has 0 unspecified atom stereocenters. The molecule has 1 saturated carbocycles. The van der Waals surface area contributed by atoms with Crippen molar-refractivity contribution in [1.29, 1.82) is 0 Å². The van der Waals surface area contributed by atoms with Gasteiger partial charge in [-0.15, -0.1) is 0 Å². The van der Waals surface area contributed by atoms with Gasteiger partial charge in [0.05, 0.1) is 91.5 Å². The van der Waals surface area contributed by atoms with Crippen LogP contribution in [0, 0.1) is 5.92 Å². The van der Waals surface area contributed by atoms with E-state index in [2.05, 4.69) is 19.7 Å². The number of unbranched alkanes of at least 4 members (excludes halogenated alkanes) is 9. The highest BCUT2D eigenvalue weighted by molar-refractivity contribution is 6.24. The summed E-state index contributed by atoms with van der Waals surface area (Å²) in [4.78, 5) is 84.3. The number of esters is 6. The van der Waals surface area contributed by atoms with Gasteiger partial charge in [-0.1, -0.05) is 64.0 Å². The molecule has 1 heterocycles.